The number of sulfone groups is 1. The maximum atomic E-state index is 12.3. The lowest BCUT2D eigenvalue weighted by Crippen LogP contribution is -2.47. The summed E-state index contributed by atoms with van der Waals surface area (Å²) in [4.78, 5) is 14.1. The van der Waals surface area contributed by atoms with Gasteiger partial charge in [0.15, 0.2) is 9.84 Å². The van der Waals surface area contributed by atoms with Crippen LogP contribution in [-0.2, 0) is 14.6 Å². The summed E-state index contributed by atoms with van der Waals surface area (Å²) >= 11 is 0. The second kappa shape index (κ2) is 4.83. The van der Waals surface area contributed by atoms with Crippen LogP contribution in [0.1, 0.15) is 39.5 Å². The lowest BCUT2D eigenvalue weighted by atomic mass is 9.73. The monoisotopic (exact) mass is 273 g/mol. The summed E-state index contributed by atoms with van der Waals surface area (Å²) in [6.45, 7) is 5.28. The Morgan fingerprint density at radius 1 is 1.11 bits per heavy atom. The summed E-state index contributed by atoms with van der Waals surface area (Å²) in [6.07, 6.45) is 4.09. The molecule has 0 spiro atoms. The van der Waals surface area contributed by atoms with Crippen LogP contribution in [0.25, 0.3) is 0 Å². The molecular weight excluding hydrogens is 250 g/mol. The Hall–Kier alpha value is -0.580. The van der Waals surface area contributed by atoms with E-state index in [1.165, 1.54) is 0 Å². The molecule has 1 amide bonds. The van der Waals surface area contributed by atoms with E-state index in [2.05, 4.69) is 13.8 Å². The van der Waals surface area contributed by atoms with Crippen molar-refractivity contribution < 1.29 is 13.2 Å². The molecule has 2 rings (SSSR count). The minimum Gasteiger partial charge on any atom is -0.340 e. The molecule has 1 aliphatic heterocycles. The van der Waals surface area contributed by atoms with Gasteiger partial charge < -0.3 is 4.90 Å². The number of hydrogen-bond acceptors (Lipinski definition) is 3. The van der Waals surface area contributed by atoms with Crippen molar-refractivity contribution in [2.45, 2.75) is 39.5 Å². The van der Waals surface area contributed by atoms with Crippen molar-refractivity contribution >= 4 is 15.7 Å². The Labute approximate surface area is 110 Å². The van der Waals surface area contributed by atoms with Gasteiger partial charge in [-0.15, -0.1) is 0 Å². The van der Waals surface area contributed by atoms with Gasteiger partial charge in [0.2, 0.25) is 5.91 Å². The highest BCUT2D eigenvalue weighted by atomic mass is 32.2. The molecule has 1 aliphatic carbocycles. The fraction of sp³-hybridized carbons (Fsp3) is 0.923. The normalized spacial score (nSPS) is 28.0. The maximum absolute atomic E-state index is 12.3. The van der Waals surface area contributed by atoms with Crippen LogP contribution in [0.5, 0.6) is 0 Å². The number of rotatable bonds is 1. The number of amides is 1. The second-order valence-corrected chi connectivity index (χ2v) is 8.72. The molecule has 2 aliphatic rings. The van der Waals surface area contributed by atoms with E-state index in [0.717, 1.165) is 25.7 Å². The van der Waals surface area contributed by atoms with Crippen molar-refractivity contribution in [2.75, 3.05) is 24.6 Å². The first kappa shape index (κ1) is 13.8. The Balaban J connectivity index is 1.89. The fourth-order valence-corrected chi connectivity index (χ4v) is 4.04. The Morgan fingerprint density at radius 3 is 2.11 bits per heavy atom. The summed E-state index contributed by atoms with van der Waals surface area (Å²) in [7, 11) is -2.89. The van der Waals surface area contributed by atoms with Gasteiger partial charge in [-0.25, -0.2) is 8.42 Å². The molecule has 0 bridgehead atoms. The zero-order valence-electron chi connectivity index (χ0n) is 11.3. The van der Waals surface area contributed by atoms with Gasteiger partial charge in [-0.2, -0.15) is 0 Å². The van der Waals surface area contributed by atoms with Crippen LogP contribution in [0, 0.1) is 11.3 Å². The number of nitrogens with zero attached hydrogens (tertiary/aromatic N) is 1. The van der Waals surface area contributed by atoms with Crippen molar-refractivity contribution in [1.29, 1.82) is 0 Å². The highest BCUT2D eigenvalue weighted by Crippen LogP contribution is 2.38. The summed E-state index contributed by atoms with van der Waals surface area (Å²) in [6, 6.07) is 0. The first-order valence-electron chi connectivity index (χ1n) is 6.78. The Morgan fingerprint density at radius 2 is 1.61 bits per heavy atom. The number of hydrogen-bond donors (Lipinski definition) is 0. The molecular formula is C13H23NO3S. The van der Waals surface area contributed by atoms with Crippen LogP contribution in [0.4, 0.5) is 0 Å². The Bertz CT molecular complexity index is 404. The van der Waals surface area contributed by atoms with Crippen LogP contribution in [0.2, 0.25) is 0 Å². The SMILES string of the molecule is CC1(C)CCC(C(=O)N2CCS(=O)(=O)CC2)CC1. The molecule has 104 valence electrons. The van der Waals surface area contributed by atoms with Crippen molar-refractivity contribution in [3.63, 3.8) is 0 Å². The standard InChI is InChI=1S/C13H23NO3S/c1-13(2)5-3-11(4-6-13)12(15)14-7-9-18(16,17)10-8-14/h11H,3-10H2,1-2H3. The van der Waals surface area contributed by atoms with Gasteiger partial charge in [0, 0.05) is 19.0 Å². The molecule has 0 aromatic carbocycles. The van der Waals surface area contributed by atoms with E-state index < -0.39 is 9.84 Å². The minimum absolute atomic E-state index is 0.124. The highest BCUT2D eigenvalue weighted by Gasteiger charge is 2.34. The van der Waals surface area contributed by atoms with Crippen LogP contribution >= 0.6 is 0 Å². The zero-order valence-corrected chi connectivity index (χ0v) is 12.1. The average Bonchev–Trinajstić information content (AvgIpc) is 2.28. The van der Waals surface area contributed by atoms with Crippen molar-refractivity contribution in [2.24, 2.45) is 11.3 Å². The van der Waals surface area contributed by atoms with E-state index in [0.29, 0.717) is 18.5 Å². The first-order valence-corrected chi connectivity index (χ1v) is 8.60. The van der Waals surface area contributed by atoms with Gasteiger partial charge in [-0.1, -0.05) is 13.8 Å². The van der Waals surface area contributed by atoms with E-state index >= 15 is 0 Å². The van der Waals surface area contributed by atoms with Crippen LogP contribution in [-0.4, -0.2) is 43.8 Å². The fourth-order valence-electron chi connectivity index (χ4n) is 2.84. The maximum Gasteiger partial charge on any atom is 0.225 e. The van der Waals surface area contributed by atoms with Crippen molar-refractivity contribution in [3.05, 3.63) is 0 Å². The summed E-state index contributed by atoms with van der Waals surface area (Å²) in [5.41, 5.74) is 0.363. The quantitative estimate of drug-likeness (QED) is 0.727. The van der Waals surface area contributed by atoms with Crippen molar-refractivity contribution in [3.8, 4) is 0 Å². The van der Waals surface area contributed by atoms with Crippen LogP contribution in [0.15, 0.2) is 0 Å². The van der Waals surface area contributed by atoms with E-state index in [1.807, 2.05) is 0 Å². The van der Waals surface area contributed by atoms with Crippen molar-refractivity contribution in [1.82, 2.24) is 4.90 Å². The van der Waals surface area contributed by atoms with Gasteiger partial charge in [0.05, 0.1) is 11.5 Å². The van der Waals surface area contributed by atoms with Gasteiger partial charge in [0.25, 0.3) is 0 Å². The smallest absolute Gasteiger partial charge is 0.225 e. The highest BCUT2D eigenvalue weighted by molar-refractivity contribution is 7.91. The third kappa shape index (κ3) is 3.25. The molecule has 0 aromatic heterocycles. The third-order valence-electron chi connectivity index (χ3n) is 4.34. The third-order valence-corrected chi connectivity index (χ3v) is 5.95. The minimum atomic E-state index is -2.89. The summed E-state index contributed by atoms with van der Waals surface area (Å²) in [5.74, 6) is 0.577. The van der Waals surface area contributed by atoms with Crippen LogP contribution < -0.4 is 0 Å². The molecule has 0 unspecified atom stereocenters. The molecule has 0 N–H and O–H groups in total. The molecule has 0 atom stereocenters. The molecule has 4 nitrogen and oxygen atoms in total. The lowest BCUT2D eigenvalue weighted by Gasteiger charge is -2.37. The predicted molar refractivity (Wildman–Crippen MR) is 71.0 cm³/mol. The van der Waals surface area contributed by atoms with Crippen LogP contribution in [0.3, 0.4) is 0 Å². The second-order valence-electron chi connectivity index (χ2n) is 6.42. The summed E-state index contributed by atoms with van der Waals surface area (Å²) in [5, 5.41) is 0. The largest absolute Gasteiger partial charge is 0.340 e. The molecule has 1 saturated carbocycles. The molecule has 0 aromatic rings. The van der Waals surface area contributed by atoms with Gasteiger partial charge >= 0.3 is 0 Å². The lowest BCUT2D eigenvalue weighted by molar-refractivity contribution is -0.136. The topological polar surface area (TPSA) is 54.5 Å². The van der Waals surface area contributed by atoms with Gasteiger partial charge in [0.1, 0.15) is 0 Å². The Kier molecular flexibility index (Phi) is 3.72. The van der Waals surface area contributed by atoms with E-state index in [-0.39, 0.29) is 23.3 Å². The number of carbonyl (C=O) groups excluding carboxylic acids is 1. The van der Waals surface area contributed by atoms with Gasteiger partial charge in [-0.3, -0.25) is 4.79 Å². The molecule has 0 radical (unpaired) electrons. The number of carbonyl (C=O) groups is 1. The zero-order chi connectivity index (χ0) is 13.4. The van der Waals surface area contributed by atoms with Gasteiger partial charge in [-0.05, 0) is 31.1 Å². The average molecular weight is 273 g/mol. The molecule has 18 heavy (non-hydrogen) atoms. The van der Waals surface area contributed by atoms with E-state index in [4.69, 9.17) is 0 Å². The molecule has 5 heteroatoms. The van der Waals surface area contributed by atoms with E-state index in [1.54, 1.807) is 4.90 Å². The first-order chi connectivity index (χ1) is 8.29. The van der Waals surface area contributed by atoms with E-state index in [9.17, 15) is 13.2 Å². The molecule has 2 fully saturated rings. The summed E-state index contributed by atoms with van der Waals surface area (Å²) < 4.78 is 22.7. The predicted octanol–water partition coefficient (Wildman–Crippen LogP) is 1.46. The molecule has 1 heterocycles. The molecule has 1 saturated heterocycles.